The van der Waals surface area contributed by atoms with Gasteiger partial charge in [-0.2, -0.15) is 0 Å². The van der Waals surface area contributed by atoms with Crippen LogP contribution in [0.25, 0.3) is 0 Å². The summed E-state index contributed by atoms with van der Waals surface area (Å²) in [6.45, 7) is 4.51. The number of ether oxygens (including phenoxy) is 1. The van der Waals surface area contributed by atoms with Gasteiger partial charge in [-0.1, -0.05) is 155 Å². The molecular weight excluding hydrogens is 591 g/mol. The number of hydrogen-bond donors (Lipinski definition) is 0. The van der Waals surface area contributed by atoms with E-state index in [2.05, 4.69) is 13.8 Å². The van der Waals surface area contributed by atoms with Crippen LogP contribution in [0, 0.1) is 0 Å². The zero-order valence-electron chi connectivity index (χ0n) is 23.6. The molecular formula is C30H58O3Zr2. The van der Waals surface area contributed by atoms with Gasteiger partial charge in [-0.15, -0.1) is 0 Å². The molecule has 0 saturated carbocycles. The second-order valence-corrected chi connectivity index (χ2v) is 10.1. The Hall–Kier alpha value is 0.906. The Kier molecular flexibility index (Phi) is 40.3. The van der Waals surface area contributed by atoms with Gasteiger partial charge in [0.1, 0.15) is 0 Å². The van der Waals surface area contributed by atoms with E-state index in [-0.39, 0.29) is 64.3 Å². The molecule has 0 aliphatic heterocycles. The number of hydrogen-bond acceptors (Lipinski definition) is 3. The molecule has 0 bridgehead atoms. The number of unbranched alkanes of at least 4 members (excludes halogenated alkanes) is 22. The number of carbonyl (C=O) groups is 2. The van der Waals surface area contributed by atoms with E-state index in [0.29, 0.717) is 12.8 Å². The van der Waals surface area contributed by atoms with Crippen LogP contribution in [0.1, 0.15) is 181 Å². The normalized spacial score (nSPS) is 10.5. The zero-order valence-corrected chi connectivity index (χ0v) is 28.5. The first kappa shape index (κ1) is 40.4. The van der Waals surface area contributed by atoms with Crippen molar-refractivity contribution in [1.82, 2.24) is 0 Å². The summed E-state index contributed by atoms with van der Waals surface area (Å²) in [4.78, 5) is 23.6. The van der Waals surface area contributed by atoms with Crippen molar-refractivity contribution >= 4 is 11.9 Å². The van der Waals surface area contributed by atoms with Crippen LogP contribution in [0.15, 0.2) is 0 Å². The second-order valence-electron chi connectivity index (χ2n) is 10.1. The van der Waals surface area contributed by atoms with Gasteiger partial charge in [0.15, 0.2) is 0 Å². The van der Waals surface area contributed by atoms with E-state index in [4.69, 9.17) is 4.74 Å². The predicted molar refractivity (Wildman–Crippen MR) is 142 cm³/mol. The third-order valence-electron chi connectivity index (χ3n) is 6.70. The van der Waals surface area contributed by atoms with Crippen LogP contribution in [0.5, 0.6) is 0 Å². The molecule has 0 radical (unpaired) electrons. The van der Waals surface area contributed by atoms with Crippen molar-refractivity contribution in [2.24, 2.45) is 0 Å². The molecule has 0 saturated heterocycles. The Morgan fingerprint density at radius 1 is 0.371 bits per heavy atom. The van der Waals surface area contributed by atoms with Gasteiger partial charge in [0, 0.05) is 65.2 Å². The molecule has 0 spiro atoms. The summed E-state index contributed by atoms with van der Waals surface area (Å²) in [6, 6.07) is 0. The van der Waals surface area contributed by atoms with Crippen molar-refractivity contribution in [1.29, 1.82) is 0 Å². The smallest absolute Gasteiger partial charge is 0.313 e. The molecule has 0 N–H and O–H groups in total. The Morgan fingerprint density at radius 3 is 0.800 bits per heavy atom. The quantitative estimate of drug-likeness (QED) is 0.0532. The molecule has 204 valence electrons. The van der Waals surface area contributed by atoms with Crippen molar-refractivity contribution in [2.75, 3.05) is 0 Å². The molecule has 35 heavy (non-hydrogen) atoms. The summed E-state index contributed by atoms with van der Waals surface area (Å²) in [5, 5.41) is 0. The largest absolute Gasteiger partial charge is 0.393 e. The van der Waals surface area contributed by atoms with E-state index in [1.54, 1.807) is 0 Å². The maximum Gasteiger partial charge on any atom is 0.313 e. The third kappa shape index (κ3) is 34.9. The van der Waals surface area contributed by atoms with Crippen molar-refractivity contribution in [3.05, 3.63) is 0 Å². The van der Waals surface area contributed by atoms with Crippen LogP contribution >= 0.6 is 0 Å². The monoisotopic (exact) mass is 646 g/mol. The summed E-state index contributed by atoms with van der Waals surface area (Å²) in [6.07, 6.45) is 31.4. The van der Waals surface area contributed by atoms with Crippen LogP contribution in [-0.2, 0) is 66.7 Å². The minimum absolute atomic E-state index is 0. The summed E-state index contributed by atoms with van der Waals surface area (Å²) < 4.78 is 4.96. The Balaban J connectivity index is -0.00000512. The minimum atomic E-state index is -0.330. The van der Waals surface area contributed by atoms with Gasteiger partial charge in [0.25, 0.3) is 0 Å². The molecule has 0 aliphatic carbocycles. The van der Waals surface area contributed by atoms with Gasteiger partial charge in [-0.05, 0) is 12.8 Å². The molecule has 0 unspecified atom stereocenters. The van der Waals surface area contributed by atoms with E-state index in [1.165, 1.54) is 128 Å². The standard InChI is InChI=1S/C30H58O3.2Zr/c1-3-5-7-9-11-13-14-15-16-17-18-20-22-24-26-28-30(32)33-29(31)27-25-23-21-19-12-10-8-6-4-2;;/h3-28H2,1-2H3;;. The minimum Gasteiger partial charge on any atom is -0.393 e. The van der Waals surface area contributed by atoms with Gasteiger partial charge in [0.2, 0.25) is 0 Å². The number of carbonyl (C=O) groups excluding carboxylic acids is 2. The van der Waals surface area contributed by atoms with Crippen LogP contribution in [0.4, 0.5) is 0 Å². The Bertz CT molecular complexity index is 430. The molecule has 0 aromatic heterocycles. The fraction of sp³-hybridized carbons (Fsp3) is 0.933. The van der Waals surface area contributed by atoms with Crippen LogP contribution < -0.4 is 0 Å². The molecule has 0 heterocycles. The van der Waals surface area contributed by atoms with Crippen LogP contribution in [0.2, 0.25) is 0 Å². The zero-order chi connectivity index (χ0) is 24.2. The molecule has 0 aromatic rings. The van der Waals surface area contributed by atoms with Gasteiger partial charge < -0.3 is 4.74 Å². The molecule has 0 amide bonds. The van der Waals surface area contributed by atoms with Gasteiger partial charge >= 0.3 is 11.9 Å². The van der Waals surface area contributed by atoms with Crippen molar-refractivity contribution < 1.29 is 66.7 Å². The molecule has 0 atom stereocenters. The second kappa shape index (κ2) is 34.9. The Morgan fingerprint density at radius 2 is 0.571 bits per heavy atom. The molecule has 5 heteroatoms. The number of esters is 2. The van der Waals surface area contributed by atoms with Crippen LogP contribution in [-0.4, -0.2) is 11.9 Å². The first-order valence-electron chi connectivity index (χ1n) is 14.9. The maximum atomic E-state index is 11.8. The van der Waals surface area contributed by atoms with E-state index in [0.717, 1.165) is 25.7 Å². The molecule has 0 rings (SSSR count). The number of rotatable bonds is 26. The third-order valence-corrected chi connectivity index (χ3v) is 6.70. The predicted octanol–water partition coefficient (Wildman–Crippen LogP) is 10.2. The van der Waals surface area contributed by atoms with E-state index in [1.807, 2.05) is 0 Å². The van der Waals surface area contributed by atoms with Gasteiger partial charge in [-0.3, -0.25) is 9.59 Å². The molecule has 3 nitrogen and oxygen atoms in total. The fourth-order valence-corrected chi connectivity index (χ4v) is 4.45. The van der Waals surface area contributed by atoms with Crippen LogP contribution in [0.3, 0.4) is 0 Å². The van der Waals surface area contributed by atoms with Crippen molar-refractivity contribution in [3.63, 3.8) is 0 Å². The fourth-order valence-electron chi connectivity index (χ4n) is 4.45. The van der Waals surface area contributed by atoms with E-state index in [9.17, 15) is 9.59 Å². The first-order valence-corrected chi connectivity index (χ1v) is 14.9. The van der Waals surface area contributed by atoms with Crippen molar-refractivity contribution in [2.45, 2.75) is 181 Å². The van der Waals surface area contributed by atoms with E-state index < -0.39 is 0 Å². The molecule has 0 aromatic carbocycles. The van der Waals surface area contributed by atoms with Gasteiger partial charge in [0.05, 0.1) is 0 Å². The summed E-state index contributed by atoms with van der Waals surface area (Å²) in [5.41, 5.74) is 0. The average molecular weight is 649 g/mol. The Labute approximate surface area is 257 Å². The molecule has 0 fully saturated rings. The molecule has 0 aliphatic rings. The summed E-state index contributed by atoms with van der Waals surface area (Å²) >= 11 is 0. The summed E-state index contributed by atoms with van der Waals surface area (Å²) in [7, 11) is 0. The maximum absolute atomic E-state index is 11.8. The average Bonchev–Trinajstić information content (AvgIpc) is 2.80. The SMILES string of the molecule is CCCCCCCCCCCCCCCCCC(=O)OC(=O)CCCCCCCCCCC.[Zr].[Zr]. The van der Waals surface area contributed by atoms with Crippen molar-refractivity contribution in [3.8, 4) is 0 Å². The topological polar surface area (TPSA) is 43.4 Å². The van der Waals surface area contributed by atoms with Gasteiger partial charge in [-0.25, -0.2) is 0 Å². The summed E-state index contributed by atoms with van der Waals surface area (Å²) in [5.74, 6) is -0.658. The first-order chi connectivity index (χ1) is 16.2. The van der Waals surface area contributed by atoms with E-state index >= 15 is 0 Å².